The molecule has 0 aliphatic heterocycles. The number of hydrogen-bond donors (Lipinski definition) is 1. The van der Waals surface area contributed by atoms with E-state index in [1.165, 1.54) is 0 Å². The van der Waals surface area contributed by atoms with E-state index in [0.29, 0.717) is 5.15 Å². The van der Waals surface area contributed by atoms with Crippen LogP contribution in [-0.2, 0) is 6.42 Å². The van der Waals surface area contributed by atoms with Crippen molar-refractivity contribution in [2.45, 2.75) is 6.42 Å². The van der Waals surface area contributed by atoms with Gasteiger partial charge in [-0.25, -0.2) is 4.98 Å². The van der Waals surface area contributed by atoms with Crippen molar-refractivity contribution in [3.63, 3.8) is 0 Å². The summed E-state index contributed by atoms with van der Waals surface area (Å²) < 4.78 is 7.25. The number of fused-ring (bicyclic) bond motifs is 1. The highest BCUT2D eigenvalue weighted by Gasteiger charge is 2.11. The maximum atomic E-state index is 6.08. The van der Waals surface area contributed by atoms with Crippen LogP contribution in [0.5, 0.6) is 5.88 Å². The molecule has 0 saturated carbocycles. The number of nitrogens with zero attached hydrogens (tertiary/aromatic N) is 2. The van der Waals surface area contributed by atoms with E-state index in [1.807, 2.05) is 29.6 Å². The second-order valence-corrected chi connectivity index (χ2v) is 3.82. The van der Waals surface area contributed by atoms with E-state index in [9.17, 15) is 0 Å². The van der Waals surface area contributed by atoms with Gasteiger partial charge in [0.05, 0.1) is 12.6 Å². The monoisotopic (exact) mass is 239 g/mol. The van der Waals surface area contributed by atoms with Gasteiger partial charge in [0.2, 0.25) is 0 Å². The normalized spacial score (nSPS) is 10.9. The maximum absolute atomic E-state index is 6.08. The lowest BCUT2D eigenvalue weighted by atomic mass is 10.3. The van der Waals surface area contributed by atoms with E-state index >= 15 is 0 Å². The number of ether oxygens (including phenoxy) is 1. The molecule has 4 nitrogen and oxygen atoms in total. The van der Waals surface area contributed by atoms with Gasteiger partial charge in [-0.2, -0.15) is 0 Å². The van der Waals surface area contributed by atoms with Gasteiger partial charge in [0.25, 0.3) is 0 Å². The molecule has 5 heteroatoms. The summed E-state index contributed by atoms with van der Waals surface area (Å²) in [6, 6.07) is 5.73. The summed E-state index contributed by atoms with van der Waals surface area (Å²) in [6.45, 7) is 0.855. The first-order chi connectivity index (χ1) is 7.77. The fourth-order valence-corrected chi connectivity index (χ4v) is 1.95. The van der Waals surface area contributed by atoms with Gasteiger partial charge >= 0.3 is 0 Å². The Morgan fingerprint density at radius 2 is 2.31 bits per heavy atom. The molecule has 16 heavy (non-hydrogen) atoms. The first-order valence-electron chi connectivity index (χ1n) is 5.12. The van der Waals surface area contributed by atoms with Gasteiger partial charge < -0.3 is 10.1 Å². The zero-order chi connectivity index (χ0) is 11.5. The standard InChI is InChI=1S/C11H14ClN3O/c1-13-7-6-9-14-11(12)8-4-3-5-10(16-2)15(8)9/h3-5,13H,6-7H2,1-2H3. The van der Waals surface area contributed by atoms with Crippen molar-refractivity contribution >= 4 is 17.1 Å². The highest BCUT2D eigenvalue weighted by atomic mass is 35.5. The van der Waals surface area contributed by atoms with Crippen molar-refractivity contribution in [2.75, 3.05) is 20.7 Å². The van der Waals surface area contributed by atoms with Crippen molar-refractivity contribution in [1.29, 1.82) is 0 Å². The molecule has 2 rings (SSSR count). The van der Waals surface area contributed by atoms with Crippen molar-refractivity contribution in [2.24, 2.45) is 0 Å². The topological polar surface area (TPSA) is 38.6 Å². The average molecular weight is 240 g/mol. The lowest BCUT2D eigenvalue weighted by Crippen LogP contribution is -2.12. The highest BCUT2D eigenvalue weighted by Crippen LogP contribution is 2.23. The minimum atomic E-state index is 0.519. The number of hydrogen-bond acceptors (Lipinski definition) is 3. The number of likely N-dealkylation sites (N-methyl/N-ethyl adjacent to an activating group) is 1. The molecule has 86 valence electrons. The fourth-order valence-electron chi connectivity index (χ4n) is 1.70. The molecule has 0 radical (unpaired) electrons. The number of imidazole rings is 1. The van der Waals surface area contributed by atoms with Crippen molar-refractivity contribution < 1.29 is 4.74 Å². The molecule has 2 aromatic rings. The van der Waals surface area contributed by atoms with E-state index < -0.39 is 0 Å². The van der Waals surface area contributed by atoms with Crippen LogP contribution in [-0.4, -0.2) is 30.1 Å². The van der Waals surface area contributed by atoms with E-state index in [2.05, 4.69) is 10.3 Å². The van der Waals surface area contributed by atoms with Gasteiger partial charge in [-0.05, 0) is 19.2 Å². The fraction of sp³-hybridized carbons (Fsp3) is 0.364. The Kier molecular flexibility index (Phi) is 3.31. The van der Waals surface area contributed by atoms with E-state index in [0.717, 1.165) is 30.2 Å². The third-order valence-corrected chi connectivity index (χ3v) is 2.74. The van der Waals surface area contributed by atoms with Gasteiger partial charge in [-0.1, -0.05) is 17.7 Å². The number of nitrogens with one attached hydrogen (secondary N) is 1. The number of rotatable bonds is 4. The second kappa shape index (κ2) is 4.72. The van der Waals surface area contributed by atoms with Crippen LogP contribution in [0.1, 0.15) is 5.82 Å². The van der Waals surface area contributed by atoms with Gasteiger partial charge in [-0.3, -0.25) is 4.40 Å². The third-order valence-electron chi connectivity index (χ3n) is 2.46. The predicted octanol–water partition coefficient (Wildman–Crippen LogP) is 1.76. The summed E-state index contributed by atoms with van der Waals surface area (Å²) in [5.74, 6) is 1.66. The van der Waals surface area contributed by atoms with E-state index in [1.54, 1.807) is 7.11 Å². The van der Waals surface area contributed by atoms with E-state index in [4.69, 9.17) is 16.3 Å². The number of methoxy groups -OCH3 is 1. The summed E-state index contributed by atoms with van der Waals surface area (Å²) in [7, 11) is 3.55. The third kappa shape index (κ3) is 1.86. The highest BCUT2D eigenvalue weighted by molar-refractivity contribution is 6.32. The second-order valence-electron chi connectivity index (χ2n) is 3.46. The molecule has 0 aliphatic carbocycles. The van der Waals surface area contributed by atoms with Crippen LogP contribution in [0.4, 0.5) is 0 Å². The molecule has 0 spiro atoms. The molecule has 0 aliphatic rings. The predicted molar refractivity (Wildman–Crippen MR) is 64.4 cm³/mol. The Morgan fingerprint density at radius 3 is 3.00 bits per heavy atom. The van der Waals surface area contributed by atoms with Crippen LogP contribution in [0.15, 0.2) is 18.2 Å². The molecule has 0 atom stereocenters. The van der Waals surface area contributed by atoms with Gasteiger partial charge in [-0.15, -0.1) is 0 Å². The van der Waals surface area contributed by atoms with Crippen LogP contribution >= 0.6 is 11.6 Å². The maximum Gasteiger partial charge on any atom is 0.199 e. The summed E-state index contributed by atoms with van der Waals surface area (Å²) in [6.07, 6.45) is 0.810. The van der Waals surface area contributed by atoms with Crippen LogP contribution in [0.3, 0.4) is 0 Å². The van der Waals surface area contributed by atoms with Crippen LogP contribution in [0.2, 0.25) is 5.15 Å². The van der Waals surface area contributed by atoms with Crippen LogP contribution < -0.4 is 10.1 Å². The summed E-state index contributed by atoms with van der Waals surface area (Å²) in [4.78, 5) is 4.34. The summed E-state index contributed by atoms with van der Waals surface area (Å²) >= 11 is 6.08. The van der Waals surface area contributed by atoms with Crippen molar-refractivity contribution in [3.05, 3.63) is 29.2 Å². The van der Waals surface area contributed by atoms with Gasteiger partial charge in [0.15, 0.2) is 11.0 Å². The lowest BCUT2D eigenvalue weighted by molar-refractivity contribution is 0.390. The Bertz CT molecular complexity index is 495. The molecule has 0 aromatic carbocycles. The Labute approximate surface area is 99.2 Å². The van der Waals surface area contributed by atoms with E-state index in [-0.39, 0.29) is 0 Å². The zero-order valence-electron chi connectivity index (χ0n) is 9.33. The molecule has 0 bridgehead atoms. The SMILES string of the molecule is CNCCc1nc(Cl)c2cccc(OC)n12. The molecular weight excluding hydrogens is 226 g/mol. The Morgan fingerprint density at radius 1 is 1.50 bits per heavy atom. The summed E-state index contributed by atoms with van der Waals surface area (Å²) in [5.41, 5.74) is 0.882. The van der Waals surface area contributed by atoms with Crippen molar-refractivity contribution in [3.8, 4) is 5.88 Å². The molecule has 0 unspecified atom stereocenters. The number of aromatic nitrogens is 2. The molecular formula is C11H14ClN3O. The Hall–Kier alpha value is -1.26. The quantitative estimate of drug-likeness (QED) is 0.884. The first-order valence-corrected chi connectivity index (χ1v) is 5.50. The number of pyridine rings is 1. The first kappa shape index (κ1) is 11.2. The number of halogens is 1. The van der Waals surface area contributed by atoms with Crippen LogP contribution in [0, 0.1) is 0 Å². The molecule has 2 aromatic heterocycles. The van der Waals surface area contributed by atoms with Crippen LogP contribution in [0.25, 0.3) is 5.52 Å². The lowest BCUT2D eigenvalue weighted by Gasteiger charge is -2.06. The molecule has 1 N–H and O–H groups in total. The van der Waals surface area contributed by atoms with Gasteiger partial charge in [0.1, 0.15) is 5.82 Å². The molecule has 0 saturated heterocycles. The van der Waals surface area contributed by atoms with Crippen molar-refractivity contribution in [1.82, 2.24) is 14.7 Å². The largest absolute Gasteiger partial charge is 0.482 e. The minimum absolute atomic E-state index is 0.519. The minimum Gasteiger partial charge on any atom is -0.482 e. The Balaban J connectivity index is 2.55. The summed E-state index contributed by atoms with van der Waals surface area (Å²) in [5, 5.41) is 3.61. The molecule has 0 amide bonds. The molecule has 2 heterocycles. The average Bonchev–Trinajstić information content (AvgIpc) is 2.64. The molecule has 0 fully saturated rings. The smallest absolute Gasteiger partial charge is 0.199 e. The zero-order valence-corrected chi connectivity index (χ0v) is 10.1. The van der Waals surface area contributed by atoms with Gasteiger partial charge in [0, 0.05) is 13.0 Å².